The Kier molecular flexibility index (Phi) is 5.09. The summed E-state index contributed by atoms with van der Waals surface area (Å²) in [4.78, 5) is 20.8. The standard InChI is InChI=1S/C19H19N3O3/c1-24-14-7-8-17(25-2)13(11-14)9-10-20-19(23)18-15-5-3-4-6-16(15)21-12-22-18/h3-8,11-12H,9-10H2,1-2H3,(H,20,23). The van der Waals surface area contributed by atoms with Gasteiger partial charge in [0, 0.05) is 11.9 Å². The molecule has 0 unspecified atom stereocenters. The summed E-state index contributed by atoms with van der Waals surface area (Å²) in [6.45, 7) is 0.459. The Morgan fingerprint density at radius 3 is 2.72 bits per heavy atom. The second-order valence-electron chi connectivity index (χ2n) is 5.42. The summed E-state index contributed by atoms with van der Waals surface area (Å²) in [6, 6.07) is 13.0. The van der Waals surface area contributed by atoms with Crippen molar-refractivity contribution in [3.05, 3.63) is 60.0 Å². The van der Waals surface area contributed by atoms with E-state index in [4.69, 9.17) is 9.47 Å². The van der Waals surface area contributed by atoms with Crippen molar-refractivity contribution in [2.75, 3.05) is 20.8 Å². The Morgan fingerprint density at radius 1 is 1.08 bits per heavy atom. The van der Waals surface area contributed by atoms with Crippen molar-refractivity contribution in [1.82, 2.24) is 15.3 Å². The van der Waals surface area contributed by atoms with Crippen LogP contribution in [-0.2, 0) is 6.42 Å². The number of fused-ring (bicyclic) bond motifs is 1. The van der Waals surface area contributed by atoms with Crippen LogP contribution >= 0.6 is 0 Å². The fraction of sp³-hybridized carbons (Fsp3) is 0.211. The number of rotatable bonds is 6. The fourth-order valence-corrected chi connectivity index (χ4v) is 2.66. The molecule has 0 fully saturated rings. The third-order valence-electron chi connectivity index (χ3n) is 3.93. The number of hydrogen-bond donors (Lipinski definition) is 1. The molecule has 0 radical (unpaired) electrons. The highest BCUT2D eigenvalue weighted by molar-refractivity contribution is 6.04. The highest BCUT2D eigenvalue weighted by Crippen LogP contribution is 2.24. The van der Waals surface area contributed by atoms with Gasteiger partial charge in [-0.3, -0.25) is 4.79 Å². The van der Waals surface area contributed by atoms with Gasteiger partial charge in [-0.05, 0) is 36.2 Å². The van der Waals surface area contributed by atoms with E-state index in [2.05, 4.69) is 15.3 Å². The number of methoxy groups -OCH3 is 2. The Bertz CT molecular complexity index is 891. The van der Waals surface area contributed by atoms with Crippen molar-refractivity contribution >= 4 is 16.8 Å². The topological polar surface area (TPSA) is 73.3 Å². The number of carbonyl (C=O) groups excluding carboxylic acids is 1. The smallest absolute Gasteiger partial charge is 0.270 e. The molecule has 0 bridgehead atoms. The van der Waals surface area contributed by atoms with Crippen LogP contribution in [0.3, 0.4) is 0 Å². The third kappa shape index (κ3) is 3.68. The molecule has 0 saturated carbocycles. The number of amides is 1. The number of benzene rings is 2. The lowest BCUT2D eigenvalue weighted by atomic mass is 10.1. The van der Waals surface area contributed by atoms with Crippen molar-refractivity contribution in [3.63, 3.8) is 0 Å². The highest BCUT2D eigenvalue weighted by Gasteiger charge is 2.12. The second-order valence-corrected chi connectivity index (χ2v) is 5.42. The van der Waals surface area contributed by atoms with Crippen molar-refractivity contribution < 1.29 is 14.3 Å². The maximum absolute atomic E-state index is 12.5. The van der Waals surface area contributed by atoms with Crippen LogP contribution in [0.2, 0.25) is 0 Å². The normalized spacial score (nSPS) is 10.5. The Hall–Kier alpha value is -3.15. The summed E-state index contributed by atoms with van der Waals surface area (Å²) in [6.07, 6.45) is 2.03. The summed E-state index contributed by atoms with van der Waals surface area (Å²) in [7, 11) is 3.24. The minimum Gasteiger partial charge on any atom is -0.497 e. The van der Waals surface area contributed by atoms with E-state index in [9.17, 15) is 4.79 Å². The van der Waals surface area contributed by atoms with Gasteiger partial charge < -0.3 is 14.8 Å². The second kappa shape index (κ2) is 7.61. The summed E-state index contributed by atoms with van der Waals surface area (Å²) in [5.74, 6) is 1.30. The quantitative estimate of drug-likeness (QED) is 0.748. The van der Waals surface area contributed by atoms with Crippen LogP contribution in [0, 0.1) is 0 Å². The van der Waals surface area contributed by atoms with Crippen LogP contribution in [0.15, 0.2) is 48.8 Å². The Labute approximate surface area is 145 Å². The van der Waals surface area contributed by atoms with Crippen LogP contribution in [0.4, 0.5) is 0 Å². The van der Waals surface area contributed by atoms with Gasteiger partial charge in [0.05, 0.1) is 19.7 Å². The van der Waals surface area contributed by atoms with E-state index in [1.54, 1.807) is 14.2 Å². The van der Waals surface area contributed by atoms with Crippen LogP contribution in [0.25, 0.3) is 10.9 Å². The van der Waals surface area contributed by atoms with Crippen LogP contribution < -0.4 is 14.8 Å². The van der Waals surface area contributed by atoms with Gasteiger partial charge in [-0.2, -0.15) is 0 Å². The van der Waals surface area contributed by atoms with Gasteiger partial charge in [-0.1, -0.05) is 18.2 Å². The first-order valence-corrected chi connectivity index (χ1v) is 7.91. The highest BCUT2D eigenvalue weighted by atomic mass is 16.5. The number of aromatic nitrogens is 2. The van der Waals surface area contributed by atoms with Gasteiger partial charge in [0.2, 0.25) is 0 Å². The summed E-state index contributed by atoms with van der Waals surface area (Å²) < 4.78 is 10.6. The van der Waals surface area contributed by atoms with E-state index in [1.807, 2.05) is 42.5 Å². The van der Waals surface area contributed by atoms with Gasteiger partial charge in [0.1, 0.15) is 23.5 Å². The molecule has 2 aromatic carbocycles. The zero-order chi connectivity index (χ0) is 17.6. The molecule has 3 rings (SSSR count). The first-order chi connectivity index (χ1) is 12.2. The number of para-hydroxylation sites is 1. The van der Waals surface area contributed by atoms with Gasteiger partial charge in [-0.25, -0.2) is 9.97 Å². The third-order valence-corrected chi connectivity index (χ3v) is 3.93. The SMILES string of the molecule is COc1ccc(OC)c(CCNC(=O)c2ncnc3ccccc23)c1. The van der Waals surface area contributed by atoms with Crippen molar-refractivity contribution in [2.45, 2.75) is 6.42 Å². The molecular formula is C19H19N3O3. The molecule has 3 aromatic rings. The molecule has 0 atom stereocenters. The average molecular weight is 337 g/mol. The maximum atomic E-state index is 12.5. The molecule has 0 aliphatic carbocycles. The fourth-order valence-electron chi connectivity index (χ4n) is 2.66. The zero-order valence-electron chi connectivity index (χ0n) is 14.2. The molecule has 6 heteroatoms. The van der Waals surface area contributed by atoms with Crippen LogP contribution in [0.5, 0.6) is 11.5 Å². The number of ether oxygens (including phenoxy) is 2. The summed E-state index contributed by atoms with van der Waals surface area (Å²) in [5, 5.41) is 3.64. The van der Waals surface area contributed by atoms with E-state index < -0.39 is 0 Å². The molecule has 0 aliphatic heterocycles. The van der Waals surface area contributed by atoms with E-state index in [0.717, 1.165) is 28.0 Å². The minimum atomic E-state index is -0.222. The summed E-state index contributed by atoms with van der Waals surface area (Å²) in [5.41, 5.74) is 2.09. The van der Waals surface area contributed by atoms with E-state index in [-0.39, 0.29) is 5.91 Å². The van der Waals surface area contributed by atoms with E-state index in [0.29, 0.717) is 18.7 Å². The molecule has 1 aromatic heterocycles. The largest absolute Gasteiger partial charge is 0.497 e. The lowest BCUT2D eigenvalue weighted by Gasteiger charge is -2.11. The number of carbonyl (C=O) groups is 1. The van der Waals surface area contributed by atoms with E-state index >= 15 is 0 Å². The number of nitrogens with zero attached hydrogens (tertiary/aromatic N) is 2. The first kappa shape index (κ1) is 16.7. The molecule has 0 aliphatic rings. The maximum Gasteiger partial charge on any atom is 0.270 e. The van der Waals surface area contributed by atoms with Crippen molar-refractivity contribution in [2.24, 2.45) is 0 Å². The first-order valence-electron chi connectivity index (χ1n) is 7.91. The number of nitrogens with one attached hydrogen (secondary N) is 1. The van der Waals surface area contributed by atoms with Gasteiger partial charge in [-0.15, -0.1) is 0 Å². The lowest BCUT2D eigenvalue weighted by molar-refractivity contribution is 0.0951. The lowest BCUT2D eigenvalue weighted by Crippen LogP contribution is -2.27. The van der Waals surface area contributed by atoms with Crippen molar-refractivity contribution in [3.8, 4) is 11.5 Å². The zero-order valence-corrected chi connectivity index (χ0v) is 14.2. The van der Waals surface area contributed by atoms with Crippen molar-refractivity contribution in [1.29, 1.82) is 0 Å². The molecule has 1 heterocycles. The molecule has 1 N–H and O–H groups in total. The molecule has 6 nitrogen and oxygen atoms in total. The molecule has 128 valence electrons. The van der Waals surface area contributed by atoms with Gasteiger partial charge in [0.25, 0.3) is 5.91 Å². The average Bonchev–Trinajstić information content (AvgIpc) is 2.67. The molecule has 0 saturated heterocycles. The molecule has 0 spiro atoms. The van der Waals surface area contributed by atoms with Gasteiger partial charge >= 0.3 is 0 Å². The Morgan fingerprint density at radius 2 is 1.92 bits per heavy atom. The van der Waals surface area contributed by atoms with Crippen LogP contribution in [-0.4, -0.2) is 36.6 Å². The van der Waals surface area contributed by atoms with Crippen LogP contribution in [0.1, 0.15) is 16.1 Å². The molecule has 25 heavy (non-hydrogen) atoms. The molecular weight excluding hydrogens is 318 g/mol. The predicted molar refractivity (Wildman–Crippen MR) is 95.1 cm³/mol. The predicted octanol–water partition coefficient (Wildman–Crippen LogP) is 2.62. The van der Waals surface area contributed by atoms with E-state index in [1.165, 1.54) is 6.33 Å². The van der Waals surface area contributed by atoms with Gasteiger partial charge in [0.15, 0.2) is 0 Å². The summed E-state index contributed by atoms with van der Waals surface area (Å²) >= 11 is 0. The minimum absolute atomic E-state index is 0.222. The molecule has 1 amide bonds. The number of hydrogen-bond acceptors (Lipinski definition) is 5. The Balaban J connectivity index is 1.71. The monoisotopic (exact) mass is 337 g/mol.